The lowest BCUT2D eigenvalue weighted by atomic mass is 10.4. The maximum Gasteiger partial charge on any atom is 0.166 e. The first-order chi connectivity index (χ1) is 7.86. The summed E-state index contributed by atoms with van der Waals surface area (Å²) in [6.07, 6.45) is 0. The highest BCUT2D eigenvalue weighted by Gasteiger charge is 2.12. The van der Waals surface area contributed by atoms with Crippen LogP contribution in [0.15, 0.2) is 9.98 Å². The first kappa shape index (κ1) is 11.8. The van der Waals surface area contributed by atoms with E-state index in [-0.39, 0.29) is 0 Å². The van der Waals surface area contributed by atoms with Crippen molar-refractivity contribution in [2.75, 3.05) is 52.5 Å². The van der Waals surface area contributed by atoms with Gasteiger partial charge in [0.2, 0.25) is 0 Å². The maximum atomic E-state index is 5.93. The van der Waals surface area contributed by atoms with Crippen molar-refractivity contribution >= 4 is 22.6 Å². The molecular formula is C10H17ClN4O. The molecule has 0 unspecified atom stereocenters. The van der Waals surface area contributed by atoms with Crippen LogP contribution in [-0.2, 0) is 4.74 Å². The van der Waals surface area contributed by atoms with Gasteiger partial charge in [-0.25, -0.2) is 0 Å². The summed E-state index contributed by atoms with van der Waals surface area (Å²) >= 11 is 5.93. The molecule has 0 amide bonds. The summed E-state index contributed by atoms with van der Waals surface area (Å²) in [5.74, 6) is 0.737. The molecule has 0 aromatic heterocycles. The Morgan fingerprint density at radius 3 is 2.75 bits per heavy atom. The van der Waals surface area contributed by atoms with Crippen molar-refractivity contribution in [2.45, 2.75) is 0 Å². The maximum absolute atomic E-state index is 5.93. The first-order valence-corrected chi connectivity index (χ1v) is 6.03. The lowest BCUT2D eigenvalue weighted by Gasteiger charge is -2.26. The third-order valence-electron chi connectivity index (χ3n) is 2.64. The Morgan fingerprint density at radius 2 is 2.00 bits per heavy atom. The quantitative estimate of drug-likeness (QED) is 0.758. The van der Waals surface area contributed by atoms with Crippen LogP contribution in [0.4, 0.5) is 0 Å². The van der Waals surface area contributed by atoms with E-state index in [0.717, 1.165) is 51.8 Å². The van der Waals surface area contributed by atoms with Crippen LogP contribution < -0.4 is 5.32 Å². The van der Waals surface area contributed by atoms with Gasteiger partial charge in [0.05, 0.1) is 26.3 Å². The molecule has 1 saturated heterocycles. The predicted molar refractivity (Wildman–Crippen MR) is 65.7 cm³/mol. The molecule has 6 heteroatoms. The summed E-state index contributed by atoms with van der Waals surface area (Å²) in [7, 11) is 0. The third-order valence-corrected chi connectivity index (χ3v) is 2.94. The van der Waals surface area contributed by atoms with Gasteiger partial charge in [0, 0.05) is 26.2 Å². The monoisotopic (exact) mass is 244 g/mol. The Balaban J connectivity index is 1.67. The van der Waals surface area contributed by atoms with E-state index >= 15 is 0 Å². The van der Waals surface area contributed by atoms with Gasteiger partial charge in [-0.1, -0.05) is 11.6 Å². The second kappa shape index (κ2) is 6.18. The van der Waals surface area contributed by atoms with Gasteiger partial charge in [-0.15, -0.1) is 0 Å². The summed E-state index contributed by atoms with van der Waals surface area (Å²) in [6, 6.07) is 0. The van der Waals surface area contributed by atoms with E-state index in [2.05, 4.69) is 20.2 Å². The van der Waals surface area contributed by atoms with Crippen LogP contribution in [0.1, 0.15) is 0 Å². The lowest BCUT2D eigenvalue weighted by Crippen LogP contribution is -2.42. The molecule has 1 N–H and O–H groups in total. The molecule has 0 radical (unpaired) electrons. The fraction of sp³-hybridized carbons (Fsp3) is 0.800. The van der Waals surface area contributed by atoms with Crippen LogP contribution in [0, 0.1) is 0 Å². The molecule has 0 aliphatic carbocycles. The van der Waals surface area contributed by atoms with Crippen molar-refractivity contribution in [3.63, 3.8) is 0 Å². The smallest absolute Gasteiger partial charge is 0.166 e. The average Bonchev–Trinajstić information content (AvgIpc) is 2.33. The highest BCUT2D eigenvalue weighted by Crippen LogP contribution is 1.97. The van der Waals surface area contributed by atoms with E-state index in [1.54, 1.807) is 0 Å². The highest BCUT2D eigenvalue weighted by molar-refractivity contribution is 6.83. The van der Waals surface area contributed by atoms with Crippen LogP contribution in [0.3, 0.4) is 0 Å². The Bertz CT molecular complexity index is 287. The lowest BCUT2D eigenvalue weighted by molar-refractivity contribution is 0.0389. The van der Waals surface area contributed by atoms with E-state index in [9.17, 15) is 0 Å². The van der Waals surface area contributed by atoms with Gasteiger partial charge < -0.3 is 10.1 Å². The van der Waals surface area contributed by atoms with Gasteiger partial charge in [-0.3, -0.25) is 14.9 Å². The molecule has 0 saturated carbocycles. The molecular weight excluding hydrogens is 228 g/mol. The molecule has 2 aliphatic heterocycles. The Hall–Kier alpha value is -0.650. The average molecular weight is 245 g/mol. The molecule has 16 heavy (non-hydrogen) atoms. The summed E-state index contributed by atoms with van der Waals surface area (Å²) in [5.41, 5.74) is 0. The molecule has 2 heterocycles. The largest absolute Gasteiger partial charge is 0.379 e. The van der Waals surface area contributed by atoms with Crippen molar-refractivity contribution < 1.29 is 4.74 Å². The number of ether oxygens (including phenoxy) is 1. The molecule has 0 atom stereocenters. The minimum Gasteiger partial charge on any atom is -0.379 e. The number of amidine groups is 1. The van der Waals surface area contributed by atoms with Crippen LogP contribution in [-0.4, -0.2) is 68.4 Å². The number of hydrogen-bond acceptors (Lipinski definition) is 5. The van der Waals surface area contributed by atoms with Gasteiger partial charge in [0.15, 0.2) is 11.0 Å². The van der Waals surface area contributed by atoms with Crippen molar-refractivity contribution in [3.05, 3.63) is 0 Å². The molecule has 5 nitrogen and oxygen atoms in total. The van der Waals surface area contributed by atoms with Crippen molar-refractivity contribution in [2.24, 2.45) is 9.98 Å². The number of aliphatic imine (C=N–C) groups is 2. The number of halogens is 1. The van der Waals surface area contributed by atoms with Gasteiger partial charge in [-0.2, -0.15) is 0 Å². The highest BCUT2D eigenvalue weighted by atomic mass is 35.5. The summed E-state index contributed by atoms with van der Waals surface area (Å²) < 4.78 is 5.29. The predicted octanol–water partition coefficient (Wildman–Crippen LogP) is -0.0424. The Morgan fingerprint density at radius 1 is 1.25 bits per heavy atom. The zero-order valence-electron chi connectivity index (χ0n) is 9.28. The third kappa shape index (κ3) is 3.43. The first-order valence-electron chi connectivity index (χ1n) is 5.65. The minimum absolute atomic E-state index is 0.508. The summed E-state index contributed by atoms with van der Waals surface area (Å²) in [6.45, 7) is 6.97. The molecule has 1 fully saturated rings. The Labute approximate surface area is 101 Å². The van der Waals surface area contributed by atoms with Crippen molar-refractivity contribution in [1.82, 2.24) is 10.2 Å². The standard InChI is InChI=1S/C10H17ClN4O/c11-9-10(13-2-1-12-9)14-3-4-15-5-7-16-8-6-15/h1-8H2,(H,13,14). The second-order valence-corrected chi connectivity index (χ2v) is 4.14. The van der Waals surface area contributed by atoms with E-state index < -0.39 is 0 Å². The molecule has 90 valence electrons. The van der Waals surface area contributed by atoms with Crippen LogP contribution >= 0.6 is 11.6 Å². The minimum atomic E-state index is 0.508. The Kier molecular flexibility index (Phi) is 4.56. The fourth-order valence-electron chi connectivity index (χ4n) is 1.74. The number of morpholine rings is 1. The molecule has 2 rings (SSSR count). The topological polar surface area (TPSA) is 49.2 Å². The van der Waals surface area contributed by atoms with Crippen molar-refractivity contribution in [3.8, 4) is 0 Å². The zero-order chi connectivity index (χ0) is 11.2. The van der Waals surface area contributed by atoms with Gasteiger partial charge >= 0.3 is 0 Å². The normalized spacial score (nSPS) is 22.6. The number of hydrogen-bond donors (Lipinski definition) is 1. The van der Waals surface area contributed by atoms with E-state index in [4.69, 9.17) is 16.3 Å². The number of nitrogens with one attached hydrogen (secondary N) is 1. The molecule has 0 spiro atoms. The zero-order valence-corrected chi connectivity index (χ0v) is 10.0. The van der Waals surface area contributed by atoms with Gasteiger partial charge in [0.25, 0.3) is 0 Å². The molecule has 0 aromatic rings. The number of nitrogens with zero attached hydrogens (tertiary/aromatic N) is 3. The van der Waals surface area contributed by atoms with Gasteiger partial charge in [-0.05, 0) is 0 Å². The van der Waals surface area contributed by atoms with Crippen LogP contribution in [0.2, 0.25) is 0 Å². The van der Waals surface area contributed by atoms with Crippen LogP contribution in [0.25, 0.3) is 0 Å². The molecule has 2 aliphatic rings. The van der Waals surface area contributed by atoms with E-state index in [0.29, 0.717) is 11.7 Å². The van der Waals surface area contributed by atoms with E-state index in [1.807, 2.05) is 0 Å². The summed E-state index contributed by atoms with van der Waals surface area (Å²) in [5, 5.41) is 3.73. The van der Waals surface area contributed by atoms with Crippen LogP contribution in [0.5, 0.6) is 0 Å². The fourth-order valence-corrected chi connectivity index (χ4v) is 1.95. The van der Waals surface area contributed by atoms with E-state index in [1.165, 1.54) is 0 Å². The summed E-state index contributed by atoms with van der Waals surface area (Å²) in [4.78, 5) is 10.8. The second-order valence-electron chi connectivity index (χ2n) is 3.78. The SMILES string of the molecule is ClC1=NCCN=C1NCCN1CCOCC1. The molecule has 0 bridgehead atoms. The molecule has 0 aromatic carbocycles. The van der Waals surface area contributed by atoms with Crippen molar-refractivity contribution in [1.29, 1.82) is 0 Å². The number of rotatable bonds is 3. The van der Waals surface area contributed by atoms with Gasteiger partial charge in [0.1, 0.15) is 0 Å².